The third kappa shape index (κ3) is 6.17. The second-order valence-electron chi connectivity index (χ2n) is 13.3. The molecule has 2 N–H and O–H groups in total. The highest BCUT2D eigenvalue weighted by molar-refractivity contribution is 9.10. The molecule has 0 unspecified atom stereocenters. The van der Waals surface area contributed by atoms with Gasteiger partial charge in [0.25, 0.3) is 5.91 Å². The Kier molecular flexibility index (Phi) is 9.05. The van der Waals surface area contributed by atoms with Gasteiger partial charge in [-0.15, -0.1) is 11.8 Å². The minimum atomic E-state index is -4.65. The van der Waals surface area contributed by atoms with Gasteiger partial charge < -0.3 is 19.8 Å². The van der Waals surface area contributed by atoms with E-state index < -0.39 is 53.2 Å². The molecule has 8 rings (SSSR count). The molecule has 2 saturated carbocycles. The minimum Gasteiger partial charge on any atom is -0.483 e. The predicted octanol–water partition coefficient (Wildman–Crippen LogP) is 7.09. The maximum atomic E-state index is 14.1. The number of benzene rings is 3. The van der Waals surface area contributed by atoms with Crippen LogP contribution in [-0.2, 0) is 25.3 Å². The van der Waals surface area contributed by atoms with Gasteiger partial charge in [0.15, 0.2) is 6.61 Å². The monoisotopic (exact) mass is 827 g/mol. The van der Waals surface area contributed by atoms with Gasteiger partial charge in [0, 0.05) is 31.8 Å². The molecule has 274 valence electrons. The Hall–Kier alpha value is -4.41. The Morgan fingerprint density at radius 2 is 1.74 bits per heavy atom. The molecule has 0 radical (unpaired) electrons. The van der Waals surface area contributed by atoms with Crippen LogP contribution in [0.25, 0.3) is 0 Å². The number of hydrogen-bond donors (Lipinski definition) is 2. The van der Waals surface area contributed by atoms with Crippen molar-refractivity contribution in [1.29, 1.82) is 0 Å². The molecule has 2 aliphatic carbocycles. The highest BCUT2D eigenvalue weighted by atomic mass is 79.9. The van der Waals surface area contributed by atoms with Gasteiger partial charge in [-0.05, 0) is 91.8 Å². The Balaban J connectivity index is 1.09. The number of esters is 1. The molecule has 0 spiro atoms. The molecular weight excluding hydrogens is 799 g/mol. The molecule has 7 atom stereocenters. The second kappa shape index (κ2) is 13.5. The topological polar surface area (TPSA) is 135 Å². The van der Waals surface area contributed by atoms with Gasteiger partial charge in [0.05, 0.1) is 40.3 Å². The third-order valence-electron chi connectivity index (χ3n) is 10.5. The number of hydrogen-bond acceptors (Lipinski definition) is 9. The van der Waals surface area contributed by atoms with Gasteiger partial charge in [-0.3, -0.25) is 24.1 Å². The summed E-state index contributed by atoms with van der Waals surface area (Å²) in [5, 5.41) is 3.23. The van der Waals surface area contributed by atoms with Crippen molar-refractivity contribution in [1.82, 2.24) is 4.98 Å². The number of halogens is 4. The van der Waals surface area contributed by atoms with E-state index in [2.05, 4.69) is 26.2 Å². The van der Waals surface area contributed by atoms with Crippen molar-refractivity contribution in [3.63, 3.8) is 0 Å². The molecule has 1 saturated heterocycles. The number of nitrogens with one attached hydrogen (secondary N) is 2. The zero-order valence-electron chi connectivity index (χ0n) is 27.6. The normalized spacial score (nSPS) is 25.5. The highest BCUT2D eigenvalue weighted by Gasteiger charge is 2.70. The second-order valence-corrected chi connectivity index (χ2v) is 16.5. The molecule has 16 heteroatoms. The number of H-pyrrole nitrogens is 1. The van der Waals surface area contributed by atoms with Crippen molar-refractivity contribution in [3.8, 4) is 5.75 Å². The third-order valence-corrected chi connectivity index (χ3v) is 13.6. The predicted molar refractivity (Wildman–Crippen MR) is 193 cm³/mol. The van der Waals surface area contributed by atoms with E-state index in [9.17, 15) is 37.1 Å². The first-order valence-corrected chi connectivity index (χ1v) is 19.3. The van der Waals surface area contributed by atoms with E-state index in [0.717, 1.165) is 33.2 Å². The first-order valence-electron chi connectivity index (χ1n) is 16.8. The zero-order chi connectivity index (χ0) is 37.3. The Bertz CT molecular complexity index is 2230. The number of aromatic nitrogens is 1. The minimum absolute atomic E-state index is 0.102. The quantitative estimate of drug-likeness (QED) is 0.142. The molecule has 2 aliphatic heterocycles. The summed E-state index contributed by atoms with van der Waals surface area (Å²) >= 11 is 6.10. The Labute approximate surface area is 316 Å². The van der Waals surface area contributed by atoms with Crippen LogP contribution in [0.2, 0.25) is 0 Å². The summed E-state index contributed by atoms with van der Waals surface area (Å²) in [4.78, 5) is 70.3. The Morgan fingerprint density at radius 1 is 1.00 bits per heavy atom. The highest BCUT2D eigenvalue weighted by Crippen LogP contribution is 2.69. The van der Waals surface area contributed by atoms with Crippen LogP contribution in [0.15, 0.2) is 81.0 Å². The summed E-state index contributed by atoms with van der Waals surface area (Å²) in [7, 11) is 0. The van der Waals surface area contributed by atoms with Crippen molar-refractivity contribution < 1.29 is 41.8 Å². The van der Waals surface area contributed by atoms with Crippen LogP contribution in [0.4, 0.5) is 24.5 Å². The van der Waals surface area contributed by atoms with E-state index in [0.29, 0.717) is 38.5 Å². The number of anilines is 2. The molecule has 4 aliphatic rings. The number of ether oxygens (including phenoxy) is 2. The largest absolute Gasteiger partial charge is 0.483 e. The fraction of sp³-hybridized carbons (Fsp3) is 0.324. The van der Waals surface area contributed by atoms with E-state index in [-0.39, 0.29) is 46.8 Å². The van der Waals surface area contributed by atoms with Crippen molar-refractivity contribution >= 4 is 74.1 Å². The standard InChI is InChI=1S/C37H29BrF3N3O7S2/c1-2-50-35(48)16-6-9-19(10-7-16)42-25(45)15-51-24-11-8-18(38)13-21(24)26-27-22-14-23(30(27)52-32-31(26)53-36(49)43-32)29-28(22)33(46)44(34(29)47)20-5-3-4-17(12-20)37(39,40)41/h3-13,22-23,26-30H,2,14-15H2,1H3,(H,42,45)(H,43,49)/t22-,23-,26+,27-,28+,29+,30-/m1/s1. The van der Waals surface area contributed by atoms with E-state index >= 15 is 0 Å². The summed E-state index contributed by atoms with van der Waals surface area (Å²) in [6.07, 6.45) is -4.08. The van der Waals surface area contributed by atoms with E-state index in [1.165, 1.54) is 23.9 Å². The average Bonchev–Trinajstić information content (AvgIpc) is 3.86. The molecule has 53 heavy (non-hydrogen) atoms. The first kappa shape index (κ1) is 35.6. The van der Waals surface area contributed by atoms with Crippen molar-refractivity contribution in [2.75, 3.05) is 23.4 Å². The number of fused-ring (bicyclic) bond motifs is 9. The van der Waals surface area contributed by atoms with Crippen LogP contribution in [0.1, 0.15) is 45.6 Å². The summed E-state index contributed by atoms with van der Waals surface area (Å²) in [6, 6.07) is 15.9. The SMILES string of the molecule is CCOC(=O)c1ccc(NC(=O)COc2ccc(Br)cc2[C@@H]2c3sc(=O)[nH]c3S[C@@H]3[C@@H]4C[C@@H]([C@@H]5C(=O)N(c6cccc(C(F)(F)F)c6)C(=O)[C@@H]45)[C@H]23)cc1. The molecule has 3 amide bonds. The molecule has 10 nitrogen and oxygen atoms in total. The zero-order valence-corrected chi connectivity index (χ0v) is 30.9. The molecule has 2 bridgehead atoms. The average molecular weight is 829 g/mol. The number of thiazole rings is 1. The van der Waals surface area contributed by atoms with Crippen molar-refractivity contribution in [2.45, 2.75) is 35.7 Å². The fourth-order valence-electron chi connectivity index (χ4n) is 8.58. The Morgan fingerprint density at radius 3 is 2.45 bits per heavy atom. The van der Waals surface area contributed by atoms with Gasteiger partial charge in [-0.2, -0.15) is 13.2 Å². The molecule has 3 heterocycles. The first-order chi connectivity index (χ1) is 25.3. The van der Waals surface area contributed by atoms with Gasteiger partial charge in [-0.25, -0.2) is 4.79 Å². The number of thioether (sulfide) groups is 1. The molecule has 3 fully saturated rings. The lowest BCUT2D eigenvalue weighted by Gasteiger charge is -2.43. The lowest BCUT2D eigenvalue weighted by Crippen LogP contribution is -2.42. The number of carbonyl (C=O) groups is 4. The molecular formula is C37H29BrF3N3O7S2. The number of imide groups is 1. The van der Waals surface area contributed by atoms with Crippen molar-refractivity contribution in [2.24, 2.45) is 29.6 Å². The van der Waals surface area contributed by atoms with Crippen molar-refractivity contribution in [3.05, 3.63) is 102 Å². The van der Waals surface area contributed by atoms with Gasteiger partial charge >= 0.3 is 17.0 Å². The fourth-order valence-corrected chi connectivity index (χ4v) is 11.8. The number of rotatable bonds is 8. The number of alkyl halides is 3. The number of aromatic amines is 1. The van der Waals surface area contributed by atoms with Crippen LogP contribution in [0.3, 0.4) is 0 Å². The van der Waals surface area contributed by atoms with Crippen LogP contribution >= 0.6 is 39.0 Å². The number of amides is 3. The molecule has 4 aromatic rings. The van der Waals surface area contributed by atoms with E-state index in [1.807, 2.05) is 6.07 Å². The molecule has 1 aromatic heterocycles. The van der Waals surface area contributed by atoms with Gasteiger partial charge in [-0.1, -0.05) is 33.3 Å². The van der Waals surface area contributed by atoms with Gasteiger partial charge in [0.1, 0.15) is 5.75 Å². The van der Waals surface area contributed by atoms with Crippen LogP contribution in [0.5, 0.6) is 5.75 Å². The summed E-state index contributed by atoms with van der Waals surface area (Å²) in [6.45, 7) is 1.58. The summed E-state index contributed by atoms with van der Waals surface area (Å²) in [5.41, 5.74) is 0.428. The van der Waals surface area contributed by atoms with E-state index in [4.69, 9.17) is 9.47 Å². The van der Waals surface area contributed by atoms with E-state index in [1.54, 1.807) is 43.3 Å². The summed E-state index contributed by atoms with van der Waals surface area (Å²) in [5.74, 6) is -4.24. The van der Waals surface area contributed by atoms with Crippen LogP contribution in [-0.4, -0.2) is 47.1 Å². The number of carbonyl (C=O) groups excluding carboxylic acids is 4. The van der Waals surface area contributed by atoms with Crippen LogP contribution < -0.4 is 19.8 Å². The smallest absolute Gasteiger partial charge is 0.416 e. The molecule has 3 aromatic carbocycles. The lowest BCUT2D eigenvalue weighted by molar-refractivity contribution is -0.137. The summed E-state index contributed by atoms with van der Waals surface area (Å²) < 4.78 is 52.7. The number of nitrogens with zero attached hydrogens (tertiary/aromatic N) is 1. The maximum Gasteiger partial charge on any atom is 0.416 e. The van der Waals surface area contributed by atoms with Gasteiger partial charge in [0.2, 0.25) is 11.8 Å². The maximum absolute atomic E-state index is 14.1. The van der Waals surface area contributed by atoms with Crippen LogP contribution in [0, 0.1) is 29.6 Å². The lowest BCUT2D eigenvalue weighted by atomic mass is 9.68.